The van der Waals surface area contributed by atoms with E-state index >= 15 is 0 Å². The molecule has 0 saturated carbocycles. The molecular formula is C8H15ClO2. The summed E-state index contributed by atoms with van der Waals surface area (Å²) in [5.41, 5.74) is 0. The Bertz CT molecular complexity index is 104. The molecule has 0 unspecified atom stereocenters. The number of halogens is 1. The van der Waals surface area contributed by atoms with E-state index in [2.05, 4.69) is 4.74 Å². The van der Waals surface area contributed by atoms with Crippen LogP contribution in [0.5, 0.6) is 0 Å². The fraction of sp³-hybridized carbons (Fsp3) is 0.875. The SMILES string of the molecule is COC(=O)CCCCCCCl. The van der Waals surface area contributed by atoms with Crippen LogP contribution in [-0.2, 0) is 9.53 Å². The lowest BCUT2D eigenvalue weighted by molar-refractivity contribution is -0.140. The molecule has 0 bridgehead atoms. The van der Waals surface area contributed by atoms with Gasteiger partial charge in [0.25, 0.3) is 0 Å². The Morgan fingerprint density at radius 1 is 1.27 bits per heavy atom. The molecule has 2 nitrogen and oxygen atoms in total. The van der Waals surface area contributed by atoms with Gasteiger partial charge in [-0.2, -0.15) is 0 Å². The minimum atomic E-state index is -0.115. The van der Waals surface area contributed by atoms with Crippen LogP contribution in [-0.4, -0.2) is 19.0 Å². The van der Waals surface area contributed by atoms with Crippen LogP contribution in [0.3, 0.4) is 0 Å². The summed E-state index contributed by atoms with van der Waals surface area (Å²) in [7, 11) is 1.42. The van der Waals surface area contributed by atoms with Gasteiger partial charge in [-0.25, -0.2) is 0 Å². The van der Waals surface area contributed by atoms with E-state index < -0.39 is 0 Å². The van der Waals surface area contributed by atoms with Crippen LogP contribution in [0.1, 0.15) is 32.1 Å². The summed E-state index contributed by atoms with van der Waals surface area (Å²) in [5.74, 6) is 0.606. The van der Waals surface area contributed by atoms with Crippen LogP contribution < -0.4 is 0 Å². The van der Waals surface area contributed by atoms with Crippen LogP contribution >= 0.6 is 11.6 Å². The molecule has 3 heteroatoms. The molecule has 0 aliphatic carbocycles. The molecular weight excluding hydrogens is 164 g/mol. The maximum atomic E-state index is 10.6. The molecule has 0 aromatic carbocycles. The molecule has 11 heavy (non-hydrogen) atoms. The van der Waals surface area contributed by atoms with Crippen molar-refractivity contribution in [2.75, 3.05) is 13.0 Å². The highest BCUT2D eigenvalue weighted by Crippen LogP contribution is 2.04. The fourth-order valence-corrected chi connectivity index (χ4v) is 1.01. The Balaban J connectivity index is 2.95. The Labute approximate surface area is 72.9 Å². The van der Waals surface area contributed by atoms with Gasteiger partial charge in [-0.1, -0.05) is 12.8 Å². The van der Waals surface area contributed by atoms with E-state index in [9.17, 15) is 4.79 Å². The van der Waals surface area contributed by atoms with E-state index in [0.717, 1.165) is 31.6 Å². The molecule has 0 rings (SSSR count). The number of rotatable bonds is 6. The zero-order valence-corrected chi connectivity index (χ0v) is 7.69. The van der Waals surface area contributed by atoms with Gasteiger partial charge in [-0.05, 0) is 12.8 Å². The number of alkyl halides is 1. The maximum absolute atomic E-state index is 10.6. The molecule has 0 fully saturated rings. The summed E-state index contributed by atoms with van der Waals surface area (Å²) in [6.07, 6.45) is 4.69. The fourth-order valence-electron chi connectivity index (χ4n) is 0.819. The second kappa shape index (κ2) is 7.86. The maximum Gasteiger partial charge on any atom is 0.305 e. The molecule has 0 spiro atoms. The lowest BCUT2D eigenvalue weighted by Crippen LogP contribution is -1.99. The summed E-state index contributed by atoms with van der Waals surface area (Å²) >= 11 is 5.48. The van der Waals surface area contributed by atoms with Crippen molar-refractivity contribution in [2.45, 2.75) is 32.1 Å². The number of unbranched alkanes of at least 4 members (excludes halogenated alkanes) is 3. The Morgan fingerprint density at radius 3 is 2.45 bits per heavy atom. The van der Waals surface area contributed by atoms with Gasteiger partial charge in [0.05, 0.1) is 7.11 Å². The van der Waals surface area contributed by atoms with Crippen molar-refractivity contribution in [3.05, 3.63) is 0 Å². The minimum Gasteiger partial charge on any atom is -0.469 e. The molecule has 0 saturated heterocycles. The normalized spacial score (nSPS) is 9.64. The molecule has 0 atom stereocenters. The third kappa shape index (κ3) is 7.66. The van der Waals surface area contributed by atoms with Crippen molar-refractivity contribution in [2.24, 2.45) is 0 Å². The molecule has 0 aliphatic heterocycles. The summed E-state index contributed by atoms with van der Waals surface area (Å²) in [4.78, 5) is 10.6. The standard InChI is InChI=1S/C8H15ClO2/c1-11-8(10)6-4-2-3-5-7-9/h2-7H2,1H3. The lowest BCUT2D eigenvalue weighted by atomic mass is 10.2. The molecule has 0 aliphatic rings. The van der Waals surface area contributed by atoms with E-state index in [1.165, 1.54) is 7.11 Å². The number of carbonyl (C=O) groups excluding carboxylic acids is 1. The van der Waals surface area contributed by atoms with Crippen molar-refractivity contribution < 1.29 is 9.53 Å². The summed E-state index contributed by atoms with van der Waals surface area (Å²) in [6.45, 7) is 0. The van der Waals surface area contributed by atoms with Gasteiger partial charge >= 0.3 is 5.97 Å². The van der Waals surface area contributed by atoms with Crippen molar-refractivity contribution in [3.63, 3.8) is 0 Å². The highest BCUT2D eigenvalue weighted by atomic mass is 35.5. The zero-order chi connectivity index (χ0) is 8.53. The molecule has 0 amide bonds. The molecule has 0 aromatic rings. The minimum absolute atomic E-state index is 0.115. The molecule has 0 radical (unpaired) electrons. The van der Waals surface area contributed by atoms with Crippen LogP contribution in [0.4, 0.5) is 0 Å². The second-order valence-electron chi connectivity index (χ2n) is 2.43. The largest absolute Gasteiger partial charge is 0.469 e. The number of methoxy groups -OCH3 is 1. The third-order valence-corrected chi connectivity index (χ3v) is 1.76. The lowest BCUT2D eigenvalue weighted by Gasteiger charge is -1.98. The summed E-state index contributed by atoms with van der Waals surface area (Å²) in [5, 5.41) is 0. The number of esters is 1. The van der Waals surface area contributed by atoms with Crippen LogP contribution in [0.15, 0.2) is 0 Å². The van der Waals surface area contributed by atoms with Gasteiger partial charge in [0, 0.05) is 12.3 Å². The molecule has 66 valence electrons. The quantitative estimate of drug-likeness (QED) is 0.355. The third-order valence-electron chi connectivity index (χ3n) is 1.49. The van der Waals surface area contributed by atoms with Crippen molar-refractivity contribution >= 4 is 17.6 Å². The topological polar surface area (TPSA) is 26.3 Å². The van der Waals surface area contributed by atoms with E-state index in [4.69, 9.17) is 11.6 Å². The number of ether oxygens (including phenoxy) is 1. The number of hydrogen-bond donors (Lipinski definition) is 0. The zero-order valence-electron chi connectivity index (χ0n) is 6.94. The van der Waals surface area contributed by atoms with Crippen LogP contribution in [0.25, 0.3) is 0 Å². The van der Waals surface area contributed by atoms with Gasteiger partial charge in [0.15, 0.2) is 0 Å². The van der Waals surface area contributed by atoms with Gasteiger partial charge < -0.3 is 4.74 Å². The number of carbonyl (C=O) groups is 1. The Kier molecular flexibility index (Phi) is 7.69. The van der Waals surface area contributed by atoms with E-state index in [0.29, 0.717) is 6.42 Å². The van der Waals surface area contributed by atoms with Crippen molar-refractivity contribution in [3.8, 4) is 0 Å². The summed E-state index contributed by atoms with van der Waals surface area (Å²) < 4.78 is 4.49. The Hall–Kier alpha value is -0.240. The average Bonchev–Trinajstić information content (AvgIpc) is 2.04. The molecule has 0 N–H and O–H groups in total. The van der Waals surface area contributed by atoms with Gasteiger partial charge in [-0.3, -0.25) is 4.79 Å². The van der Waals surface area contributed by atoms with E-state index in [1.54, 1.807) is 0 Å². The first-order valence-electron chi connectivity index (χ1n) is 3.94. The van der Waals surface area contributed by atoms with E-state index in [1.807, 2.05) is 0 Å². The highest BCUT2D eigenvalue weighted by molar-refractivity contribution is 6.17. The smallest absolute Gasteiger partial charge is 0.305 e. The first-order chi connectivity index (χ1) is 5.31. The van der Waals surface area contributed by atoms with E-state index in [-0.39, 0.29) is 5.97 Å². The molecule has 0 aromatic heterocycles. The van der Waals surface area contributed by atoms with Crippen LogP contribution in [0.2, 0.25) is 0 Å². The van der Waals surface area contributed by atoms with Crippen LogP contribution in [0, 0.1) is 0 Å². The van der Waals surface area contributed by atoms with Gasteiger partial charge in [-0.15, -0.1) is 11.6 Å². The predicted molar refractivity (Wildman–Crippen MR) is 45.8 cm³/mol. The monoisotopic (exact) mass is 178 g/mol. The van der Waals surface area contributed by atoms with Crippen molar-refractivity contribution in [1.29, 1.82) is 0 Å². The Morgan fingerprint density at radius 2 is 1.91 bits per heavy atom. The van der Waals surface area contributed by atoms with Crippen molar-refractivity contribution in [1.82, 2.24) is 0 Å². The first kappa shape index (κ1) is 10.8. The number of hydrogen-bond acceptors (Lipinski definition) is 2. The highest BCUT2D eigenvalue weighted by Gasteiger charge is 1.98. The predicted octanol–water partition coefficient (Wildman–Crippen LogP) is 2.35. The first-order valence-corrected chi connectivity index (χ1v) is 4.47. The molecule has 0 heterocycles. The van der Waals surface area contributed by atoms with Gasteiger partial charge in [0.2, 0.25) is 0 Å². The van der Waals surface area contributed by atoms with Gasteiger partial charge in [0.1, 0.15) is 0 Å². The second-order valence-corrected chi connectivity index (χ2v) is 2.81. The average molecular weight is 179 g/mol. The summed E-state index contributed by atoms with van der Waals surface area (Å²) in [6, 6.07) is 0.